The van der Waals surface area contributed by atoms with Crippen LogP contribution in [-0.4, -0.2) is 35.8 Å². The van der Waals surface area contributed by atoms with Gasteiger partial charge in [0.1, 0.15) is 0 Å². The fourth-order valence-electron chi connectivity index (χ4n) is 3.47. The molecule has 0 bridgehead atoms. The highest BCUT2D eigenvalue weighted by molar-refractivity contribution is 6.31. The molecule has 160 valence electrons. The Labute approximate surface area is 183 Å². The van der Waals surface area contributed by atoms with Crippen LogP contribution in [0.4, 0.5) is 0 Å². The number of carbonyl (C=O) groups excluding carboxylic acids is 1. The third-order valence-electron chi connectivity index (χ3n) is 5.23. The summed E-state index contributed by atoms with van der Waals surface area (Å²) in [6.45, 7) is 5.00. The van der Waals surface area contributed by atoms with Crippen LogP contribution in [0.15, 0.2) is 53.7 Å². The first-order chi connectivity index (χ1) is 14.5. The molecule has 0 spiro atoms. The Bertz CT molecular complexity index is 881. The number of piperidine rings is 1. The Morgan fingerprint density at radius 3 is 2.53 bits per heavy atom. The van der Waals surface area contributed by atoms with E-state index in [1.165, 1.54) is 19.3 Å². The van der Waals surface area contributed by atoms with E-state index >= 15 is 0 Å². The van der Waals surface area contributed by atoms with Gasteiger partial charge in [0.25, 0.3) is 5.91 Å². The predicted octanol–water partition coefficient (Wildman–Crippen LogP) is 3.67. The SMILES string of the molecule is CC(ON=C(N)c1ccccc1CN1CCCCC1)C(=O)NCc1ccccc1Cl. The lowest BCUT2D eigenvalue weighted by atomic mass is 10.0. The Morgan fingerprint density at radius 1 is 1.13 bits per heavy atom. The molecule has 1 aliphatic heterocycles. The lowest BCUT2D eigenvalue weighted by Crippen LogP contribution is -2.34. The molecule has 6 nitrogen and oxygen atoms in total. The van der Waals surface area contributed by atoms with Crippen molar-refractivity contribution >= 4 is 23.3 Å². The lowest BCUT2D eigenvalue weighted by molar-refractivity contribution is -0.131. The second-order valence-corrected chi connectivity index (χ2v) is 7.93. The van der Waals surface area contributed by atoms with Crippen LogP contribution >= 0.6 is 11.6 Å². The maximum Gasteiger partial charge on any atom is 0.263 e. The van der Waals surface area contributed by atoms with Crippen molar-refractivity contribution in [3.8, 4) is 0 Å². The number of hydrogen-bond donors (Lipinski definition) is 2. The van der Waals surface area contributed by atoms with Gasteiger partial charge in [-0.3, -0.25) is 9.69 Å². The van der Waals surface area contributed by atoms with Crippen LogP contribution in [0.1, 0.15) is 42.9 Å². The van der Waals surface area contributed by atoms with Gasteiger partial charge < -0.3 is 15.9 Å². The van der Waals surface area contributed by atoms with E-state index in [-0.39, 0.29) is 11.7 Å². The van der Waals surface area contributed by atoms with E-state index in [0.717, 1.165) is 36.3 Å². The first kappa shape index (κ1) is 22.1. The fraction of sp³-hybridized carbons (Fsp3) is 0.391. The van der Waals surface area contributed by atoms with Gasteiger partial charge in [-0.2, -0.15) is 0 Å². The quantitative estimate of drug-likeness (QED) is 0.382. The van der Waals surface area contributed by atoms with Crippen LogP contribution in [0.25, 0.3) is 0 Å². The normalized spacial score (nSPS) is 16.1. The Balaban J connectivity index is 1.57. The van der Waals surface area contributed by atoms with Gasteiger partial charge in [-0.15, -0.1) is 0 Å². The predicted molar refractivity (Wildman–Crippen MR) is 120 cm³/mol. The molecule has 2 aromatic carbocycles. The van der Waals surface area contributed by atoms with Gasteiger partial charge in [-0.1, -0.05) is 65.6 Å². The molecule has 2 aromatic rings. The van der Waals surface area contributed by atoms with Crippen LogP contribution in [0.3, 0.4) is 0 Å². The Morgan fingerprint density at radius 2 is 1.80 bits per heavy atom. The highest BCUT2D eigenvalue weighted by Gasteiger charge is 2.17. The van der Waals surface area contributed by atoms with Gasteiger partial charge in [0, 0.05) is 23.7 Å². The molecule has 1 amide bonds. The number of rotatable bonds is 8. The number of benzene rings is 2. The molecule has 3 rings (SSSR count). The third kappa shape index (κ3) is 6.21. The monoisotopic (exact) mass is 428 g/mol. The number of nitrogens with zero attached hydrogens (tertiary/aromatic N) is 2. The standard InChI is InChI=1S/C23H29ClN4O2/c1-17(23(29)26-15-18-9-4-6-12-21(18)24)30-27-22(25)20-11-5-3-10-19(20)16-28-13-7-2-8-14-28/h3-6,9-12,17H,2,7-8,13-16H2,1H3,(H2,25,27)(H,26,29). The van der Waals surface area contributed by atoms with Crippen molar-refractivity contribution in [1.29, 1.82) is 0 Å². The van der Waals surface area contributed by atoms with E-state index in [1.807, 2.05) is 36.4 Å². The fourth-order valence-corrected chi connectivity index (χ4v) is 3.67. The number of amidine groups is 1. The summed E-state index contributed by atoms with van der Waals surface area (Å²) in [5.41, 5.74) is 8.98. The van der Waals surface area contributed by atoms with Crippen molar-refractivity contribution in [2.24, 2.45) is 10.9 Å². The molecule has 0 aromatic heterocycles. The molecule has 1 unspecified atom stereocenters. The van der Waals surface area contributed by atoms with Gasteiger partial charge in [0.15, 0.2) is 5.84 Å². The lowest BCUT2D eigenvalue weighted by Gasteiger charge is -2.27. The Kier molecular flexibility index (Phi) is 8.11. The van der Waals surface area contributed by atoms with Gasteiger partial charge in [-0.05, 0) is 50.0 Å². The minimum atomic E-state index is -0.778. The topological polar surface area (TPSA) is 80.0 Å². The number of halogens is 1. The third-order valence-corrected chi connectivity index (χ3v) is 5.59. The van der Waals surface area contributed by atoms with Gasteiger partial charge >= 0.3 is 0 Å². The number of likely N-dealkylation sites (tertiary alicyclic amines) is 1. The van der Waals surface area contributed by atoms with Crippen molar-refractivity contribution in [2.75, 3.05) is 13.1 Å². The molecular formula is C23H29ClN4O2. The zero-order valence-corrected chi connectivity index (χ0v) is 18.1. The van der Waals surface area contributed by atoms with E-state index in [2.05, 4.69) is 21.4 Å². The van der Waals surface area contributed by atoms with Crippen molar-refractivity contribution in [1.82, 2.24) is 10.2 Å². The van der Waals surface area contributed by atoms with E-state index in [1.54, 1.807) is 13.0 Å². The first-order valence-corrected chi connectivity index (χ1v) is 10.7. The number of hydrogen-bond acceptors (Lipinski definition) is 4. The van der Waals surface area contributed by atoms with Crippen molar-refractivity contribution in [2.45, 2.75) is 45.4 Å². The summed E-state index contributed by atoms with van der Waals surface area (Å²) >= 11 is 6.12. The number of oxime groups is 1. The molecule has 1 aliphatic rings. The summed E-state index contributed by atoms with van der Waals surface area (Å²) in [5, 5.41) is 7.44. The highest BCUT2D eigenvalue weighted by Crippen LogP contribution is 2.17. The number of amides is 1. The summed E-state index contributed by atoms with van der Waals surface area (Å²) < 4.78 is 0. The molecule has 1 heterocycles. The van der Waals surface area contributed by atoms with Crippen LogP contribution in [0, 0.1) is 0 Å². The van der Waals surface area contributed by atoms with E-state index in [4.69, 9.17) is 22.2 Å². The van der Waals surface area contributed by atoms with Crippen LogP contribution in [-0.2, 0) is 22.7 Å². The minimum absolute atomic E-state index is 0.272. The smallest absolute Gasteiger partial charge is 0.263 e. The Hall–Kier alpha value is -2.57. The minimum Gasteiger partial charge on any atom is -0.381 e. The van der Waals surface area contributed by atoms with Gasteiger partial charge in [0.2, 0.25) is 6.10 Å². The van der Waals surface area contributed by atoms with Gasteiger partial charge in [-0.25, -0.2) is 0 Å². The van der Waals surface area contributed by atoms with Crippen LogP contribution in [0.2, 0.25) is 5.02 Å². The zero-order valence-electron chi connectivity index (χ0n) is 17.3. The molecular weight excluding hydrogens is 400 g/mol. The van der Waals surface area contributed by atoms with Crippen molar-refractivity contribution in [3.05, 3.63) is 70.2 Å². The number of carbonyl (C=O) groups is 1. The molecule has 1 fully saturated rings. The highest BCUT2D eigenvalue weighted by atomic mass is 35.5. The zero-order chi connectivity index (χ0) is 21.3. The molecule has 3 N–H and O–H groups in total. The number of nitrogens with one attached hydrogen (secondary N) is 1. The average Bonchev–Trinajstić information content (AvgIpc) is 2.77. The summed E-state index contributed by atoms with van der Waals surface area (Å²) in [5.74, 6) is -0.0126. The van der Waals surface area contributed by atoms with Crippen molar-refractivity contribution in [3.63, 3.8) is 0 Å². The van der Waals surface area contributed by atoms with Crippen LogP contribution < -0.4 is 11.1 Å². The second kappa shape index (κ2) is 11.0. The molecule has 1 atom stereocenters. The van der Waals surface area contributed by atoms with Crippen LogP contribution in [0.5, 0.6) is 0 Å². The first-order valence-electron chi connectivity index (χ1n) is 10.4. The maximum absolute atomic E-state index is 12.3. The summed E-state index contributed by atoms with van der Waals surface area (Å²) in [6.07, 6.45) is 2.98. The van der Waals surface area contributed by atoms with Gasteiger partial charge in [0.05, 0.1) is 0 Å². The molecule has 0 radical (unpaired) electrons. The number of nitrogens with two attached hydrogens (primary N) is 1. The van der Waals surface area contributed by atoms with Crippen molar-refractivity contribution < 1.29 is 9.63 Å². The summed E-state index contributed by atoms with van der Waals surface area (Å²) in [6, 6.07) is 15.3. The summed E-state index contributed by atoms with van der Waals surface area (Å²) in [4.78, 5) is 20.1. The molecule has 0 saturated carbocycles. The molecule has 1 saturated heterocycles. The summed E-state index contributed by atoms with van der Waals surface area (Å²) in [7, 11) is 0. The molecule has 0 aliphatic carbocycles. The maximum atomic E-state index is 12.3. The molecule has 30 heavy (non-hydrogen) atoms. The van der Waals surface area contributed by atoms with E-state index in [0.29, 0.717) is 11.6 Å². The largest absolute Gasteiger partial charge is 0.381 e. The van der Waals surface area contributed by atoms with E-state index < -0.39 is 6.10 Å². The second-order valence-electron chi connectivity index (χ2n) is 7.53. The molecule has 7 heteroatoms. The van der Waals surface area contributed by atoms with E-state index in [9.17, 15) is 4.79 Å². The average molecular weight is 429 g/mol.